The van der Waals surface area contributed by atoms with Gasteiger partial charge in [0.15, 0.2) is 0 Å². The first-order valence-corrected chi connectivity index (χ1v) is 13.6. The quantitative estimate of drug-likeness (QED) is 0.322. The van der Waals surface area contributed by atoms with Gasteiger partial charge in [-0.25, -0.2) is 4.79 Å². The van der Waals surface area contributed by atoms with Crippen molar-refractivity contribution in [3.8, 4) is 10.8 Å². The Bertz CT molecular complexity index is 1480. The van der Waals surface area contributed by atoms with Crippen LogP contribution in [0.2, 0.25) is 5.02 Å². The van der Waals surface area contributed by atoms with E-state index in [0.29, 0.717) is 17.3 Å². The average Bonchev–Trinajstić information content (AvgIpc) is 3.47. The number of ether oxygens (including phenoxy) is 1. The Morgan fingerprint density at radius 2 is 1.92 bits per heavy atom. The molecular weight excluding hydrogens is 504 g/mol. The number of benzene rings is 2. The van der Waals surface area contributed by atoms with Crippen molar-refractivity contribution in [2.75, 3.05) is 26.0 Å². The van der Waals surface area contributed by atoms with E-state index in [1.807, 2.05) is 65.6 Å². The monoisotopic (exact) mass is 532 g/mol. The molecule has 6 nitrogen and oxygen atoms in total. The molecule has 0 aliphatic carbocycles. The summed E-state index contributed by atoms with van der Waals surface area (Å²) in [5.74, 6) is 0.785. The molecule has 1 N–H and O–H groups in total. The molecule has 0 saturated heterocycles. The third-order valence-electron chi connectivity index (χ3n) is 7.31. The number of carbonyl (C=O) groups excluding carboxylic acids is 1. The van der Waals surface area contributed by atoms with Gasteiger partial charge in [0.2, 0.25) is 0 Å². The second-order valence-corrected chi connectivity index (χ2v) is 11.3. The van der Waals surface area contributed by atoms with E-state index >= 15 is 0 Å². The highest BCUT2D eigenvalue weighted by atomic mass is 35.5. The van der Waals surface area contributed by atoms with E-state index in [9.17, 15) is 4.79 Å². The first-order chi connectivity index (χ1) is 17.9. The van der Waals surface area contributed by atoms with Gasteiger partial charge in [0.25, 0.3) is 0 Å². The number of amides is 2. The fourth-order valence-corrected chi connectivity index (χ4v) is 7.12. The Morgan fingerprint density at radius 1 is 1.11 bits per heavy atom. The zero-order valence-corrected chi connectivity index (χ0v) is 22.7. The molecule has 8 heteroatoms. The minimum absolute atomic E-state index is 0.181. The minimum Gasteiger partial charge on any atom is -0.497 e. The third kappa shape index (κ3) is 4.31. The summed E-state index contributed by atoms with van der Waals surface area (Å²) in [6.45, 7) is 4.45. The zero-order chi connectivity index (χ0) is 25.7. The van der Waals surface area contributed by atoms with E-state index in [-0.39, 0.29) is 12.1 Å². The number of aryl methyl sites for hydroxylation is 1. The molecule has 2 aliphatic heterocycles. The smallest absolute Gasteiger partial charge is 0.323 e. The molecule has 190 valence electrons. The summed E-state index contributed by atoms with van der Waals surface area (Å²) in [6, 6.07) is 17.4. The molecule has 4 aromatic rings. The first kappa shape index (κ1) is 24.1. The second kappa shape index (κ2) is 9.56. The van der Waals surface area contributed by atoms with Crippen molar-refractivity contribution >= 4 is 34.7 Å². The number of anilines is 1. The molecule has 1 atom stereocenters. The predicted molar refractivity (Wildman–Crippen MR) is 149 cm³/mol. The maximum absolute atomic E-state index is 14.1. The van der Waals surface area contributed by atoms with E-state index in [1.165, 1.54) is 21.0 Å². The third-order valence-corrected chi connectivity index (χ3v) is 8.88. The van der Waals surface area contributed by atoms with Crippen LogP contribution >= 0.6 is 22.9 Å². The lowest BCUT2D eigenvalue weighted by Crippen LogP contribution is -2.38. The molecule has 6 rings (SSSR count). The number of halogens is 1. The SMILES string of the molecule is COc1ccc(C2c3cccn3-c3sc4c(c3CN2C(=O)Nc2ccc(C)cc2Cl)CCN(C)C4)cc1. The van der Waals surface area contributed by atoms with E-state index < -0.39 is 0 Å². The van der Waals surface area contributed by atoms with E-state index in [2.05, 4.69) is 40.2 Å². The van der Waals surface area contributed by atoms with Crippen LogP contribution in [-0.4, -0.2) is 41.1 Å². The highest BCUT2D eigenvalue weighted by Gasteiger charge is 2.36. The van der Waals surface area contributed by atoms with Crippen LogP contribution in [0.5, 0.6) is 5.75 Å². The van der Waals surface area contributed by atoms with Gasteiger partial charge in [-0.1, -0.05) is 29.8 Å². The van der Waals surface area contributed by atoms with Gasteiger partial charge < -0.3 is 24.4 Å². The van der Waals surface area contributed by atoms with Gasteiger partial charge in [0, 0.05) is 29.7 Å². The number of aromatic nitrogens is 1. The summed E-state index contributed by atoms with van der Waals surface area (Å²) < 4.78 is 7.68. The van der Waals surface area contributed by atoms with Crippen LogP contribution in [0.3, 0.4) is 0 Å². The maximum atomic E-state index is 14.1. The number of thiophene rings is 1. The van der Waals surface area contributed by atoms with Crippen molar-refractivity contribution in [1.29, 1.82) is 0 Å². The van der Waals surface area contributed by atoms with Gasteiger partial charge in [-0.05, 0) is 73.5 Å². The zero-order valence-electron chi connectivity index (χ0n) is 21.1. The normalized spacial score (nSPS) is 17.0. The van der Waals surface area contributed by atoms with Crippen molar-refractivity contribution in [3.05, 3.63) is 98.6 Å². The highest BCUT2D eigenvalue weighted by molar-refractivity contribution is 7.15. The molecule has 4 heterocycles. The Morgan fingerprint density at radius 3 is 2.68 bits per heavy atom. The van der Waals surface area contributed by atoms with Gasteiger partial charge in [0.1, 0.15) is 10.8 Å². The van der Waals surface area contributed by atoms with Crippen LogP contribution in [0.15, 0.2) is 60.8 Å². The number of urea groups is 1. The van der Waals surface area contributed by atoms with Gasteiger partial charge in [-0.15, -0.1) is 11.3 Å². The van der Waals surface area contributed by atoms with Crippen molar-refractivity contribution in [2.24, 2.45) is 0 Å². The molecule has 0 saturated carbocycles. The van der Waals surface area contributed by atoms with Crippen LogP contribution in [0.4, 0.5) is 10.5 Å². The van der Waals surface area contributed by atoms with Crippen LogP contribution < -0.4 is 10.1 Å². The molecule has 2 aromatic heterocycles. The number of hydrogen-bond acceptors (Lipinski definition) is 4. The molecule has 0 radical (unpaired) electrons. The fourth-order valence-electron chi connectivity index (χ4n) is 5.40. The van der Waals surface area contributed by atoms with Gasteiger partial charge >= 0.3 is 6.03 Å². The maximum Gasteiger partial charge on any atom is 0.323 e. The number of rotatable bonds is 3. The lowest BCUT2D eigenvalue weighted by Gasteiger charge is -2.32. The van der Waals surface area contributed by atoms with Crippen molar-refractivity contribution in [3.63, 3.8) is 0 Å². The van der Waals surface area contributed by atoms with Gasteiger partial charge in [-0.3, -0.25) is 0 Å². The molecule has 0 spiro atoms. The Hall–Kier alpha value is -3.26. The number of methoxy groups -OCH3 is 1. The first-order valence-electron chi connectivity index (χ1n) is 12.4. The highest BCUT2D eigenvalue weighted by Crippen LogP contribution is 2.44. The van der Waals surface area contributed by atoms with Gasteiger partial charge in [-0.2, -0.15) is 0 Å². The number of likely N-dealkylation sites (N-methyl/N-ethyl adjacent to an activating group) is 1. The number of carbonyl (C=O) groups is 1. The molecule has 0 bridgehead atoms. The number of nitrogens with one attached hydrogen (secondary N) is 1. The van der Waals surface area contributed by atoms with Crippen LogP contribution in [0.1, 0.15) is 38.9 Å². The topological polar surface area (TPSA) is 49.7 Å². The van der Waals surface area contributed by atoms with Crippen LogP contribution in [-0.2, 0) is 19.5 Å². The van der Waals surface area contributed by atoms with Crippen molar-refractivity contribution in [2.45, 2.75) is 32.5 Å². The molecule has 2 amide bonds. The average molecular weight is 533 g/mol. The molecular formula is C29H29ClN4O2S. The van der Waals surface area contributed by atoms with E-state index in [4.69, 9.17) is 16.3 Å². The van der Waals surface area contributed by atoms with Crippen molar-refractivity contribution < 1.29 is 9.53 Å². The molecule has 0 fully saturated rings. The summed E-state index contributed by atoms with van der Waals surface area (Å²) in [6.07, 6.45) is 3.11. The Kier molecular flexibility index (Phi) is 6.23. The lowest BCUT2D eigenvalue weighted by atomic mass is 10.00. The number of fused-ring (bicyclic) bond motifs is 5. The van der Waals surface area contributed by atoms with E-state index in [0.717, 1.165) is 42.1 Å². The second-order valence-electron chi connectivity index (χ2n) is 9.80. The largest absolute Gasteiger partial charge is 0.497 e. The van der Waals surface area contributed by atoms with E-state index in [1.54, 1.807) is 7.11 Å². The summed E-state index contributed by atoms with van der Waals surface area (Å²) >= 11 is 8.36. The number of nitrogens with zero attached hydrogens (tertiary/aromatic N) is 3. The summed E-state index contributed by atoms with van der Waals surface area (Å²) in [7, 11) is 3.83. The molecule has 1 unspecified atom stereocenters. The fraction of sp³-hybridized carbons (Fsp3) is 0.276. The van der Waals surface area contributed by atoms with Crippen molar-refractivity contribution in [1.82, 2.24) is 14.4 Å². The summed E-state index contributed by atoms with van der Waals surface area (Å²) in [5, 5.41) is 4.85. The summed E-state index contributed by atoms with van der Waals surface area (Å²) in [5.41, 5.74) is 6.37. The minimum atomic E-state index is -0.286. The Balaban J connectivity index is 1.48. The Labute approximate surface area is 226 Å². The molecule has 2 aromatic carbocycles. The molecule has 2 aliphatic rings. The summed E-state index contributed by atoms with van der Waals surface area (Å²) in [4.78, 5) is 19.8. The predicted octanol–water partition coefficient (Wildman–Crippen LogP) is 6.63. The number of hydrogen-bond donors (Lipinski definition) is 1. The van der Waals surface area contributed by atoms with Crippen LogP contribution in [0.25, 0.3) is 5.00 Å². The van der Waals surface area contributed by atoms with Gasteiger partial charge in [0.05, 0.1) is 36.1 Å². The standard InChI is InChI=1S/C29H29ClN4O2S/c1-18-6-11-24(23(30)15-18)31-29(35)34-16-22-21-12-14-32(2)17-26(21)37-28(22)33-13-4-5-25(33)27(34)19-7-9-20(36-3)10-8-19/h4-11,13,15,27H,12,14,16-17H2,1-3H3,(H,31,35). The lowest BCUT2D eigenvalue weighted by molar-refractivity contribution is 0.194. The van der Waals surface area contributed by atoms with Crippen LogP contribution in [0, 0.1) is 6.92 Å². The molecule has 37 heavy (non-hydrogen) atoms.